The van der Waals surface area contributed by atoms with Crippen LogP contribution in [0.2, 0.25) is 0 Å². The van der Waals surface area contributed by atoms with E-state index in [0.717, 1.165) is 12.1 Å². The molecule has 1 aliphatic rings. The third kappa shape index (κ3) is 2.73. The minimum atomic E-state index is -0.962. The number of piperidine rings is 1. The molecule has 0 radical (unpaired) electrons. The third-order valence-electron chi connectivity index (χ3n) is 3.00. The molecule has 2 atom stereocenters. The minimum absolute atomic E-state index is 0.220. The lowest BCUT2D eigenvalue weighted by Gasteiger charge is -2.37. The Kier molecular flexibility index (Phi) is 3.31. The summed E-state index contributed by atoms with van der Waals surface area (Å²) in [5.74, 6) is -1.64. The van der Waals surface area contributed by atoms with Crippen LogP contribution in [0.1, 0.15) is 13.3 Å². The number of ether oxygens (including phenoxy) is 1. The van der Waals surface area contributed by atoms with Crippen molar-refractivity contribution >= 4 is 0 Å². The predicted molar refractivity (Wildman–Crippen MR) is 58.9 cm³/mol. The van der Waals surface area contributed by atoms with E-state index in [4.69, 9.17) is 4.74 Å². The summed E-state index contributed by atoms with van der Waals surface area (Å²) in [6.45, 7) is 2.87. The van der Waals surface area contributed by atoms with Gasteiger partial charge in [0, 0.05) is 12.6 Å². The summed E-state index contributed by atoms with van der Waals surface area (Å²) < 4.78 is 31.2. The molecule has 0 bridgehead atoms. The zero-order chi connectivity index (χ0) is 12.5. The molecule has 2 rings (SSSR count). The molecule has 0 aromatic heterocycles. The zero-order valence-electron chi connectivity index (χ0n) is 9.54. The van der Waals surface area contributed by atoms with Gasteiger partial charge in [-0.1, -0.05) is 0 Å². The van der Waals surface area contributed by atoms with E-state index in [-0.39, 0.29) is 5.75 Å². The van der Waals surface area contributed by atoms with Crippen LogP contribution in [0.15, 0.2) is 18.2 Å². The molecule has 0 spiro atoms. The van der Waals surface area contributed by atoms with Crippen molar-refractivity contribution in [3.05, 3.63) is 29.8 Å². The van der Waals surface area contributed by atoms with Gasteiger partial charge in [0.25, 0.3) is 0 Å². The Balaban J connectivity index is 2.11. The van der Waals surface area contributed by atoms with Crippen molar-refractivity contribution < 1.29 is 18.6 Å². The molecule has 3 nitrogen and oxygen atoms in total. The molecule has 0 saturated carbocycles. The fourth-order valence-electron chi connectivity index (χ4n) is 1.84. The molecule has 1 fully saturated rings. The van der Waals surface area contributed by atoms with E-state index in [0.29, 0.717) is 19.5 Å². The molecule has 2 N–H and O–H groups in total. The van der Waals surface area contributed by atoms with Gasteiger partial charge in [0.05, 0.1) is 0 Å². The van der Waals surface area contributed by atoms with Gasteiger partial charge >= 0.3 is 0 Å². The van der Waals surface area contributed by atoms with Crippen LogP contribution in [-0.2, 0) is 0 Å². The number of halogens is 2. The SMILES string of the molecule is CC1(O)CCNCC1Oc1ccc(F)c(F)c1. The maximum atomic E-state index is 13.0. The van der Waals surface area contributed by atoms with Gasteiger partial charge in [-0.3, -0.25) is 0 Å². The maximum Gasteiger partial charge on any atom is 0.162 e. The minimum Gasteiger partial charge on any atom is -0.486 e. The first-order valence-corrected chi connectivity index (χ1v) is 5.54. The van der Waals surface area contributed by atoms with Crippen LogP contribution in [0.4, 0.5) is 8.78 Å². The van der Waals surface area contributed by atoms with Crippen LogP contribution in [0.3, 0.4) is 0 Å². The van der Waals surface area contributed by atoms with Crippen LogP contribution in [0.25, 0.3) is 0 Å². The van der Waals surface area contributed by atoms with E-state index >= 15 is 0 Å². The Morgan fingerprint density at radius 1 is 1.41 bits per heavy atom. The largest absolute Gasteiger partial charge is 0.486 e. The highest BCUT2D eigenvalue weighted by Crippen LogP contribution is 2.24. The maximum absolute atomic E-state index is 13.0. The summed E-state index contributed by atoms with van der Waals surface area (Å²) in [5.41, 5.74) is -0.962. The highest BCUT2D eigenvalue weighted by molar-refractivity contribution is 5.24. The van der Waals surface area contributed by atoms with Crippen LogP contribution in [0, 0.1) is 11.6 Å². The molecule has 1 saturated heterocycles. The van der Waals surface area contributed by atoms with Crippen LogP contribution in [-0.4, -0.2) is 29.9 Å². The third-order valence-corrected chi connectivity index (χ3v) is 3.00. The smallest absolute Gasteiger partial charge is 0.162 e. The van der Waals surface area contributed by atoms with Gasteiger partial charge in [0.2, 0.25) is 0 Å². The summed E-state index contributed by atoms with van der Waals surface area (Å²) in [6.07, 6.45) is 0.0857. The summed E-state index contributed by atoms with van der Waals surface area (Å²) in [6, 6.07) is 3.35. The Bertz CT molecular complexity index is 409. The van der Waals surface area contributed by atoms with Crippen molar-refractivity contribution in [3.8, 4) is 5.75 Å². The van der Waals surface area contributed by atoms with Crippen molar-refractivity contribution in [2.75, 3.05) is 13.1 Å². The standard InChI is InChI=1S/C12H15F2NO2/c1-12(16)4-5-15-7-11(12)17-8-2-3-9(13)10(14)6-8/h2-3,6,11,15-16H,4-5,7H2,1H3. The molecule has 1 aromatic rings. The highest BCUT2D eigenvalue weighted by atomic mass is 19.2. The van der Waals surface area contributed by atoms with Crippen LogP contribution < -0.4 is 10.1 Å². The molecular weight excluding hydrogens is 228 g/mol. The van der Waals surface area contributed by atoms with Gasteiger partial charge in [-0.15, -0.1) is 0 Å². The van der Waals surface area contributed by atoms with Crippen molar-refractivity contribution in [2.24, 2.45) is 0 Å². The highest BCUT2D eigenvalue weighted by Gasteiger charge is 2.36. The monoisotopic (exact) mass is 243 g/mol. The number of hydrogen-bond acceptors (Lipinski definition) is 3. The Labute approximate surface area is 98.4 Å². The molecule has 2 unspecified atom stereocenters. The van der Waals surface area contributed by atoms with E-state index in [9.17, 15) is 13.9 Å². The number of benzene rings is 1. The molecule has 0 aliphatic carbocycles. The number of hydrogen-bond donors (Lipinski definition) is 2. The van der Waals surface area contributed by atoms with Gasteiger partial charge in [-0.2, -0.15) is 0 Å². The molecule has 0 amide bonds. The Hall–Kier alpha value is -1.20. The fraction of sp³-hybridized carbons (Fsp3) is 0.500. The molecular formula is C12H15F2NO2. The second kappa shape index (κ2) is 4.58. The lowest BCUT2D eigenvalue weighted by molar-refractivity contribution is -0.0658. The summed E-state index contributed by atoms with van der Waals surface area (Å²) in [7, 11) is 0. The van der Waals surface area contributed by atoms with Crippen molar-refractivity contribution in [2.45, 2.75) is 25.0 Å². The quantitative estimate of drug-likeness (QED) is 0.826. The van der Waals surface area contributed by atoms with Crippen LogP contribution >= 0.6 is 0 Å². The lowest BCUT2D eigenvalue weighted by Crippen LogP contribution is -2.55. The number of aliphatic hydroxyl groups is 1. The number of nitrogens with one attached hydrogen (secondary N) is 1. The molecule has 1 heterocycles. The molecule has 5 heteroatoms. The van der Waals surface area contributed by atoms with Crippen LogP contribution in [0.5, 0.6) is 5.75 Å². The molecule has 17 heavy (non-hydrogen) atoms. The Morgan fingerprint density at radius 3 is 2.82 bits per heavy atom. The first-order chi connectivity index (χ1) is 7.99. The van der Waals surface area contributed by atoms with E-state index in [2.05, 4.69) is 5.32 Å². The summed E-state index contributed by atoms with van der Waals surface area (Å²) in [5, 5.41) is 13.2. The topological polar surface area (TPSA) is 41.5 Å². The van der Waals surface area contributed by atoms with Gasteiger partial charge < -0.3 is 15.2 Å². The molecule has 1 aliphatic heterocycles. The first-order valence-electron chi connectivity index (χ1n) is 5.54. The second-order valence-corrected chi connectivity index (χ2v) is 4.49. The average Bonchev–Trinajstić information content (AvgIpc) is 2.26. The fourth-order valence-corrected chi connectivity index (χ4v) is 1.84. The molecule has 1 aromatic carbocycles. The van der Waals surface area contributed by atoms with Gasteiger partial charge in [0.1, 0.15) is 17.5 Å². The predicted octanol–water partition coefficient (Wildman–Crippen LogP) is 1.46. The normalized spacial score (nSPS) is 29.1. The zero-order valence-corrected chi connectivity index (χ0v) is 9.54. The van der Waals surface area contributed by atoms with E-state index in [1.54, 1.807) is 6.92 Å². The lowest BCUT2D eigenvalue weighted by atomic mass is 9.92. The van der Waals surface area contributed by atoms with Crippen molar-refractivity contribution in [1.82, 2.24) is 5.32 Å². The summed E-state index contributed by atoms with van der Waals surface area (Å²) in [4.78, 5) is 0. The van der Waals surface area contributed by atoms with E-state index in [1.165, 1.54) is 6.07 Å². The Morgan fingerprint density at radius 2 is 2.18 bits per heavy atom. The van der Waals surface area contributed by atoms with E-state index in [1.807, 2.05) is 0 Å². The first kappa shape index (κ1) is 12.3. The van der Waals surface area contributed by atoms with Gasteiger partial charge in [-0.25, -0.2) is 8.78 Å². The molecule has 94 valence electrons. The van der Waals surface area contributed by atoms with Gasteiger partial charge in [-0.05, 0) is 32.0 Å². The van der Waals surface area contributed by atoms with Crippen molar-refractivity contribution in [1.29, 1.82) is 0 Å². The van der Waals surface area contributed by atoms with Crippen molar-refractivity contribution in [3.63, 3.8) is 0 Å². The summed E-state index contributed by atoms with van der Waals surface area (Å²) >= 11 is 0. The second-order valence-electron chi connectivity index (χ2n) is 4.49. The number of rotatable bonds is 2. The van der Waals surface area contributed by atoms with E-state index < -0.39 is 23.3 Å². The average molecular weight is 243 g/mol. The van der Waals surface area contributed by atoms with Gasteiger partial charge in [0.15, 0.2) is 11.6 Å².